The van der Waals surface area contributed by atoms with E-state index in [4.69, 9.17) is 4.74 Å². The Hall–Kier alpha value is -2.13. The second kappa shape index (κ2) is 8.91. The molecule has 0 spiro atoms. The van der Waals surface area contributed by atoms with Gasteiger partial charge >= 0.3 is 6.09 Å². The van der Waals surface area contributed by atoms with Gasteiger partial charge in [-0.1, -0.05) is 18.2 Å². The number of carbonyl (C=O) groups is 2. The van der Waals surface area contributed by atoms with Crippen LogP contribution in [0, 0.1) is 5.92 Å². The fourth-order valence-corrected chi connectivity index (χ4v) is 5.23. The van der Waals surface area contributed by atoms with Crippen LogP contribution >= 0.6 is 0 Å². The van der Waals surface area contributed by atoms with E-state index in [2.05, 4.69) is 0 Å². The smallest absolute Gasteiger partial charge is 0.409 e. The number of hydrogen-bond acceptors (Lipinski definition) is 5. The number of sulfonamides is 1. The number of piperidine rings is 1. The summed E-state index contributed by atoms with van der Waals surface area (Å²) in [5.74, 6) is -0.377. The Morgan fingerprint density at radius 3 is 2.32 bits per heavy atom. The Labute approximate surface area is 166 Å². The summed E-state index contributed by atoms with van der Waals surface area (Å²) in [4.78, 5) is 28.3. The first kappa shape index (κ1) is 20.6. The lowest BCUT2D eigenvalue weighted by atomic mass is 9.98. The van der Waals surface area contributed by atoms with Crippen LogP contribution in [0.2, 0.25) is 0 Å². The molecule has 2 aliphatic heterocycles. The molecule has 2 fully saturated rings. The highest BCUT2D eigenvalue weighted by atomic mass is 32.2. The van der Waals surface area contributed by atoms with Crippen molar-refractivity contribution in [1.29, 1.82) is 0 Å². The first-order valence-corrected chi connectivity index (χ1v) is 11.1. The summed E-state index contributed by atoms with van der Waals surface area (Å²) in [6.45, 7) is 4.47. The standard InChI is InChI=1S/C19H27N3O5S/c1-2-27-19(24)21-13-11-20(12-14-21)18(23)16-7-6-10-22(15-16)28(25,26)17-8-4-3-5-9-17/h3-5,8-9,16H,2,6-7,10-15H2,1H3/t16-/m1/s1. The molecule has 28 heavy (non-hydrogen) atoms. The number of amides is 2. The Balaban J connectivity index is 1.60. The normalized spacial score (nSPS) is 21.4. The fraction of sp³-hybridized carbons (Fsp3) is 0.579. The van der Waals surface area contributed by atoms with E-state index in [1.165, 1.54) is 4.31 Å². The van der Waals surface area contributed by atoms with Gasteiger partial charge in [-0.15, -0.1) is 0 Å². The first-order chi connectivity index (χ1) is 13.4. The highest BCUT2D eigenvalue weighted by Gasteiger charge is 2.36. The zero-order valence-corrected chi connectivity index (χ0v) is 16.9. The van der Waals surface area contributed by atoms with Gasteiger partial charge in [-0.25, -0.2) is 13.2 Å². The van der Waals surface area contributed by atoms with Gasteiger partial charge in [-0.05, 0) is 31.9 Å². The molecule has 0 aromatic heterocycles. The maximum Gasteiger partial charge on any atom is 0.409 e. The highest BCUT2D eigenvalue weighted by Crippen LogP contribution is 2.25. The van der Waals surface area contributed by atoms with Gasteiger partial charge in [-0.2, -0.15) is 4.31 Å². The highest BCUT2D eigenvalue weighted by molar-refractivity contribution is 7.89. The minimum absolute atomic E-state index is 0.0310. The van der Waals surface area contributed by atoms with E-state index in [1.807, 2.05) is 0 Å². The summed E-state index contributed by atoms with van der Waals surface area (Å²) in [6.07, 6.45) is 0.982. The maximum atomic E-state index is 12.9. The van der Waals surface area contributed by atoms with E-state index >= 15 is 0 Å². The van der Waals surface area contributed by atoms with Crippen LogP contribution in [-0.4, -0.2) is 80.4 Å². The van der Waals surface area contributed by atoms with Crippen LogP contribution in [0.1, 0.15) is 19.8 Å². The Bertz CT molecular complexity index is 791. The lowest BCUT2D eigenvalue weighted by Gasteiger charge is -2.38. The van der Waals surface area contributed by atoms with Gasteiger partial charge in [0.25, 0.3) is 0 Å². The summed E-state index contributed by atoms with van der Waals surface area (Å²) in [5, 5.41) is 0. The number of benzene rings is 1. The van der Waals surface area contributed by atoms with Crippen molar-refractivity contribution in [2.24, 2.45) is 5.92 Å². The van der Waals surface area contributed by atoms with Crippen LogP contribution in [0.5, 0.6) is 0 Å². The van der Waals surface area contributed by atoms with Crippen LogP contribution < -0.4 is 0 Å². The molecule has 0 N–H and O–H groups in total. The number of rotatable bonds is 4. The monoisotopic (exact) mass is 409 g/mol. The third-order valence-corrected chi connectivity index (χ3v) is 7.11. The lowest BCUT2D eigenvalue weighted by Crippen LogP contribution is -2.54. The van der Waals surface area contributed by atoms with E-state index in [1.54, 1.807) is 47.1 Å². The van der Waals surface area contributed by atoms with Gasteiger partial charge in [0.15, 0.2) is 0 Å². The Morgan fingerprint density at radius 1 is 1.04 bits per heavy atom. The molecule has 9 heteroatoms. The summed E-state index contributed by atoms with van der Waals surface area (Å²) < 4.78 is 32.1. The molecule has 0 saturated carbocycles. The average Bonchev–Trinajstić information content (AvgIpc) is 2.74. The SMILES string of the molecule is CCOC(=O)N1CCN(C(=O)[C@@H]2CCCN(S(=O)(=O)c3ccccc3)C2)CC1. The quantitative estimate of drug-likeness (QED) is 0.750. The van der Waals surface area contributed by atoms with Crippen LogP contribution in [-0.2, 0) is 19.6 Å². The zero-order chi connectivity index (χ0) is 20.1. The van der Waals surface area contributed by atoms with Crippen molar-refractivity contribution in [3.63, 3.8) is 0 Å². The minimum atomic E-state index is -3.59. The van der Waals surface area contributed by atoms with E-state index < -0.39 is 10.0 Å². The topological polar surface area (TPSA) is 87.2 Å². The minimum Gasteiger partial charge on any atom is -0.450 e. The number of hydrogen-bond donors (Lipinski definition) is 0. The predicted octanol–water partition coefficient (Wildman–Crippen LogP) is 1.39. The second-order valence-electron chi connectivity index (χ2n) is 7.03. The van der Waals surface area contributed by atoms with Gasteiger partial charge in [0.2, 0.25) is 15.9 Å². The van der Waals surface area contributed by atoms with Gasteiger partial charge in [-0.3, -0.25) is 4.79 Å². The van der Waals surface area contributed by atoms with E-state index in [0.717, 1.165) is 0 Å². The van der Waals surface area contributed by atoms with Crippen molar-refractivity contribution in [2.75, 3.05) is 45.9 Å². The van der Waals surface area contributed by atoms with E-state index in [9.17, 15) is 18.0 Å². The third kappa shape index (κ3) is 4.47. The predicted molar refractivity (Wildman–Crippen MR) is 103 cm³/mol. The third-order valence-electron chi connectivity index (χ3n) is 5.23. The molecule has 0 radical (unpaired) electrons. The average molecular weight is 410 g/mol. The molecule has 0 unspecified atom stereocenters. The van der Waals surface area contributed by atoms with Crippen LogP contribution in [0.3, 0.4) is 0 Å². The van der Waals surface area contributed by atoms with Crippen molar-refractivity contribution in [3.05, 3.63) is 30.3 Å². The van der Waals surface area contributed by atoms with E-state index in [0.29, 0.717) is 52.2 Å². The maximum absolute atomic E-state index is 12.9. The lowest BCUT2D eigenvalue weighted by molar-refractivity contribution is -0.138. The molecular formula is C19H27N3O5S. The second-order valence-corrected chi connectivity index (χ2v) is 8.96. The molecule has 154 valence electrons. The summed E-state index contributed by atoms with van der Waals surface area (Å²) >= 11 is 0. The largest absolute Gasteiger partial charge is 0.450 e. The zero-order valence-electron chi connectivity index (χ0n) is 16.1. The molecule has 2 amide bonds. The molecule has 2 aliphatic rings. The molecule has 1 atom stereocenters. The number of nitrogens with zero attached hydrogens (tertiary/aromatic N) is 3. The Morgan fingerprint density at radius 2 is 1.68 bits per heavy atom. The van der Waals surface area contributed by atoms with Crippen molar-refractivity contribution >= 4 is 22.0 Å². The van der Waals surface area contributed by atoms with Gasteiger partial charge in [0, 0.05) is 39.3 Å². The van der Waals surface area contributed by atoms with Crippen LogP contribution in [0.4, 0.5) is 4.79 Å². The van der Waals surface area contributed by atoms with Crippen molar-refractivity contribution < 1.29 is 22.7 Å². The Kier molecular flexibility index (Phi) is 6.56. The molecule has 3 rings (SSSR count). The molecule has 0 aliphatic carbocycles. The van der Waals surface area contributed by atoms with Gasteiger partial charge in [0.1, 0.15) is 0 Å². The van der Waals surface area contributed by atoms with E-state index in [-0.39, 0.29) is 29.4 Å². The van der Waals surface area contributed by atoms with Crippen molar-refractivity contribution in [2.45, 2.75) is 24.7 Å². The summed E-state index contributed by atoms with van der Waals surface area (Å²) in [7, 11) is -3.59. The van der Waals surface area contributed by atoms with Crippen molar-refractivity contribution in [1.82, 2.24) is 14.1 Å². The molecule has 2 saturated heterocycles. The molecule has 8 nitrogen and oxygen atoms in total. The number of carbonyl (C=O) groups excluding carboxylic acids is 2. The van der Waals surface area contributed by atoms with Crippen LogP contribution in [0.25, 0.3) is 0 Å². The molecule has 1 aromatic carbocycles. The number of piperazine rings is 1. The van der Waals surface area contributed by atoms with Gasteiger partial charge in [0.05, 0.1) is 17.4 Å². The molecule has 1 aromatic rings. The first-order valence-electron chi connectivity index (χ1n) is 9.69. The summed E-state index contributed by atoms with van der Waals surface area (Å²) in [5.41, 5.74) is 0. The number of ether oxygens (including phenoxy) is 1. The summed E-state index contributed by atoms with van der Waals surface area (Å²) in [6, 6.07) is 8.33. The fourth-order valence-electron chi connectivity index (χ4n) is 3.69. The molecular weight excluding hydrogens is 382 g/mol. The molecule has 0 bridgehead atoms. The van der Waals surface area contributed by atoms with Gasteiger partial charge < -0.3 is 14.5 Å². The van der Waals surface area contributed by atoms with Crippen molar-refractivity contribution in [3.8, 4) is 0 Å². The van der Waals surface area contributed by atoms with Crippen LogP contribution in [0.15, 0.2) is 35.2 Å². The molecule has 2 heterocycles.